The van der Waals surface area contributed by atoms with Crippen molar-refractivity contribution in [3.05, 3.63) is 40.8 Å². The second kappa shape index (κ2) is 7.91. The minimum atomic E-state index is -0.419. The summed E-state index contributed by atoms with van der Waals surface area (Å²) in [6.45, 7) is 8.39. The maximum Gasteiger partial charge on any atom is 0.354 e. The SMILES string of the molecule is CCOC(=O)c1sc(-c2ccn3ncc(-c4c(C)nn(C)c4C)c3c2)nc1OCC. The van der Waals surface area contributed by atoms with Crippen LogP contribution in [0.5, 0.6) is 5.88 Å². The monoisotopic (exact) mass is 425 g/mol. The Bertz CT molecular complexity index is 1240. The van der Waals surface area contributed by atoms with E-state index in [-0.39, 0.29) is 0 Å². The Kier molecular flexibility index (Phi) is 5.29. The van der Waals surface area contributed by atoms with Gasteiger partial charge in [-0.05, 0) is 39.8 Å². The van der Waals surface area contributed by atoms with Crippen molar-refractivity contribution < 1.29 is 14.3 Å². The number of thiazole rings is 1. The molecule has 4 heterocycles. The van der Waals surface area contributed by atoms with Crippen LogP contribution in [0.4, 0.5) is 0 Å². The summed E-state index contributed by atoms with van der Waals surface area (Å²) in [5, 5.41) is 9.71. The molecule has 0 aliphatic heterocycles. The van der Waals surface area contributed by atoms with Crippen LogP contribution in [0.2, 0.25) is 0 Å². The molecule has 0 saturated heterocycles. The fourth-order valence-electron chi connectivity index (χ4n) is 3.46. The minimum Gasteiger partial charge on any atom is -0.477 e. The van der Waals surface area contributed by atoms with Gasteiger partial charge in [-0.25, -0.2) is 14.3 Å². The van der Waals surface area contributed by atoms with Crippen molar-refractivity contribution in [2.45, 2.75) is 27.7 Å². The van der Waals surface area contributed by atoms with Crippen molar-refractivity contribution >= 4 is 22.8 Å². The summed E-state index contributed by atoms with van der Waals surface area (Å²) in [5.74, 6) is -0.110. The molecule has 0 amide bonds. The van der Waals surface area contributed by atoms with Gasteiger partial charge in [0, 0.05) is 35.6 Å². The van der Waals surface area contributed by atoms with Gasteiger partial charge >= 0.3 is 5.97 Å². The van der Waals surface area contributed by atoms with Crippen LogP contribution in [0.25, 0.3) is 27.2 Å². The van der Waals surface area contributed by atoms with Crippen LogP contribution in [-0.2, 0) is 11.8 Å². The molecule has 0 aliphatic carbocycles. The lowest BCUT2D eigenvalue weighted by Crippen LogP contribution is -2.05. The number of rotatable bonds is 6. The number of aryl methyl sites for hydroxylation is 2. The zero-order chi connectivity index (χ0) is 21.4. The van der Waals surface area contributed by atoms with Crippen molar-refractivity contribution in [2.75, 3.05) is 13.2 Å². The third-order valence-electron chi connectivity index (χ3n) is 4.88. The van der Waals surface area contributed by atoms with E-state index in [4.69, 9.17) is 9.47 Å². The fraction of sp³-hybridized carbons (Fsp3) is 0.333. The van der Waals surface area contributed by atoms with Gasteiger partial charge in [-0.2, -0.15) is 10.2 Å². The van der Waals surface area contributed by atoms with E-state index in [0.717, 1.165) is 33.6 Å². The lowest BCUT2D eigenvalue weighted by Gasteiger charge is -2.03. The topological polar surface area (TPSA) is 83.5 Å². The Balaban J connectivity index is 1.83. The number of hydrogen-bond acceptors (Lipinski definition) is 7. The van der Waals surface area contributed by atoms with Gasteiger partial charge in [-0.1, -0.05) is 0 Å². The van der Waals surface area contributed by atoms with Crippen molar-refractivity contribution in [1.29, 1.82) is 0 Å². The van der Waals surface area contributed by atoms with E-state index < -0.39 is 5.97 Å². The first kappa shape index (κ1) is 20.1. The molecule has 0 atom stereocenters. The minimum absolute atomic E-state index is 0.298. The number of nitrogens with zero attached hydrogens (tertiary/aromatic N) is 5. The van der Waals surface area contributed by atoms with Crippen LogP contribution in [0.15, 0.2) is 24.5 Å². The van der Waals surface area contributed by atoms with Crippen LogP contribution < -0.4 is 4.74 Å². The highest BCUT2D eigenvalue weighted by atomic mass is 32.1. The second-order valence-electron chi connectivity index (χ2n) is 6.78. The second-order valence-corrected chi connectivity index (χ2v) is 7.78. The molecule has 4 rings (SSSR count). The summed E-state index contributed by atoms with van der Waals surface area (Å²) < 4.78 is 14.4. The van der Waals surface area contributed by atoms with Crippen LogP contribution in [-0.4, -0.2) is 43.6 Å². The highest BCUT2D eigenvalue weighted by molar-refractivity contribution is 7.17. The van der Waals surface area contributed by atoms with Crippen LogP contribution in [0, 0.1) is 13.8 Å². The van der Waals surface area contributed by atoms with Crippen molar-refractivity contribution in [3.63, 3.8) is 0 Å². The van der Waals surface area contributed by atoms with Crippen molar-refractivity contribution in [1.82, 2.24) is 24.4 Å². The first-order valence-corrected chi connectivity index (χ1v) is 10.5. The third-order valence-corrected chi connectivity index (χ3v) is 5.95. The summed E-state index contributed by atoms with van der Waals surface area (Å²) in [7, 11) is 1.94. The molecule has 0 saturated carbocycles. The van der Waals surface area contributed by atoms with Crippen LogP contribution >= 0.6 is 11.3 Å². The number of carbonyl (C=O) groups excluding carboxylic acids is 1. The molecule has 0 aliphatic rings. The zero-order valence-corrected chi connectivity index (χ0v) is 18.4. The molecule has 8 nitrogen and oxygen atoms in total. The molecule has 0 unspecified atom stereocenters. The van der Waals surface area contributed by atoms with Gasteiger partial charge in [0.05, 0.1) is 30.6 Å². The summed E-state index contributed by atoms with van der Waals surface area (Å²) in [6, 6.07) is 3.95. The molecule has 0 bridgehead atoms. The third kappa shape index (κ3) is 3.35. The lowest BCUT2D eigenvalue weighted by molar-refractivity contribution is 0.0527. The predicted octanol–water partition coefficient (Wildman–Crippen LogP) is 4.05. The highest BCUT2D eigenvalue weighted by Crippen LogP contribution is 2.36. The molecule has 0 spiro atoms. The van der Waals surface area contributed by atoms with Crippen LogP contribution in [0.1, 0.15) is 34.9 Å². The van der Waals surface area contributed by atoms with E-state index in [9.17, 15) is 4.79 Å². The quantitative estimate of drug-likeness (QED) is 0.433. The average molecular weight is 426 g/mol. The van der Waals surface area contributed by atoms with E-state index in [1.807, 2.05) is 61.5 Å². The standard InChI is InChI=1S/C21H23N5O3S/c1-6-28-19-18(21(27)29-7-2)30-20(23-19)14-8-9-26-16(10-14)15(11-22-26)17-12(3)24-25(5)13(17)4/h8-11H,6-7H2,1-5H3. The Labute approximate surface area is 178 Å². The van der Waals surface area contributed by atoms with E-state index in [2.05, 4.69) is 15.2 Å². The van der Waals surface area contributed by atoms with Crippen molar-refractivity contribution in [2.24, 2.45) is 7.05 Å². The zero-order valence-electron chi connectivity index (χ0n) is 17.6. The van der Waals surface area contributed by atoms with E-state index in [0.29, 0.717) is 29.0 Å². The van der Waals surface area contributed by atoms with Gasteiger partial charge in [-0.3, -0.25) is 4.68 Å². The van der Waals surface area contributed by atoms with Gasteiger partial charge in [0.1, 0.15) is 5.01 Å². The first-order chi connectivity index (χ1) is 14.4. The fourth-order valence-corrected chi connectivity index (χ4v) is 4.36. The largest absolute Gasteiger partial charge is 0.477 e. The summed E-state index contributed by atoms with van der Waals surface area (Å²) in [6.07, 6.45) is 3.74. The summed E-state index contributed by atoms with van der Waals surface area (Å²) >= 11 is 1.27. The molecule has 30 heavy (non-hydrogen) atoms. The predicted molar refractivity (Wildman–Crippen MR) is 115 cm³/mol. The maximum absolute atomic E-state index is 12.3. The van der Waals surface area contributed by atoms with Gasteiger partial charge in [0.15, 0.2) is 4.88 Å². The van der Waals surface area contributed by atoms with Crippen LogP contribution in [0.3, 0.4) is 0 Å². The van der Waals surface area contributed by atoms with Gasteiger partial charge in [0.2, 0.25) is 5.88 Å². The molecule has 4 aromatic rings. The number of aromatic nitrogens is 5. The number of hydrogen-bond donors (Lipinski definition) is 0. The normalized spacial score (nSPS) is 11.2. The molecule has 0 N–H and O–H groups in total. The molecule has 156 valence electrons. The molecule has 4 aromatic heterocycles. The number of ether oxygens (including phenoxy) is 2. The Morgan fingerprint density at radius 1 is 1.23 bits per heavy atom. The molecular formula is C21H23N5O3S. The Morgan fingerprint density at radius 3 is 2.70 bits per heavy atom. The number of esters is 1. The first-order valence-electron chi connectivity index (χ1n) is 9.73. The van der Waals surface area contributed by atoms with Crippen molar-refractivity contribution in [3.8, 4) is 27.6 Å². The molecule has 0 radical (unpaired) electrons. The van der Waals surface area contributed by atoms with E-state index >= 15 is 0 Å². The number of carbonyl (C=O) groups is 1. The molecule has 0 fully saturated rings. The lowest BCUT2D eigenvalue weighted by atomic mass is 10.0. The average Bonchev–Trinajstić information content (AvgIpc) is 3.38. The molecule has 9 heteroatoms. The molecule has 0 aromatic carbocycles. The van der Waals surface area contributed by atoms with Gasteiger partial charge in [0.25, 0.3) is 0 Å². The Hall–Kier alpha value is -3.20. The van der Waals surface area contributed by atoms with E-state index in [1.165, 1.54) is 11.3 Å². The number of pyridine rings is 1. The maximum atomic E-state index is 12.3. The van der Waals surface area contributed by atoms with E-state index in [1.54, 1.807) is 6.92 Å². The smallest absolute Gasteiger partial charge is 0.354 e. The summed E-state index contributed by atoms with van der Waals surface area (Å²) in [5.41, 5.74) is 5.93. The molecular weight excluding hydrogens is 402 g/mol. The highest BCUT2D eigenvalue weighted by Gasteiger charge is 2.22. The Morgan fingerprint density at radius 2 is 2.03 bits per heavy atom. The number of fused-ring (bicyclic) bond motifs is 1. The van der Waals surface area contributed by atoms with Gasteiger partial charge < -0.3 is 9.47 Å². The summed E-state index contributed by atoms with van der Waals surface area (Å²) in [4.78, 5) is 17.2. The van der Waals surface area contributed by atoms with Gasteiger partial charge in [-0.15, -0.1) is 11.3 Å².